The van der Waals surface area contributed by atoms with Crippen LogP contribution in [-0.4, -0.2) is 18.0 Å². The number of benzene rings is 1. The average Bonchev–Trinajstić information content (AvgIpc) is 2.50. The number of carbonyl (C=O) groups is 1. The van der Waals surface area contributed by atoms with Gasteiger partial charge in [0, 0.05) is 34.9 Å². The Bertz CT molecular complexity index is 665. The first-order valence-corrected chi connectivity index (χ1v) is 7.23. The van der Waals surface area contributed by atoms with Gasteiger partial charge < -0.3 is 10.1 Å². The molecule has 22 heavy (non-hydrogen) atoms. The van der Waals surface area contributed by atoms with Gasteiger partial charge in [0.1, 0.15) is 0 Å². The lowest BCUT2D eigenvalue weighted by molar-refractivity contribution is -0.116. The summed E-state index contributed by atoms with van der Waals surface area (Å²) in [7, 11) is 1.55. The second-order valence-electron chi connectivity index (χ2n) is 4.46. The second kappa shape index (κ2) is 7.82. The minimum atomic E-state index is -0.216. The van der Waals surface area contributed by atoms with Crippen LogP contribution in [0, 0.1) is 0 Å². The van der Waals surface area contributed by atoms with E-state index >= 15 is 0 Å². The smallest absolute Gasteiger partial charge is 0.244 e. The first kappa shape index (κ1) is 16.3. The number of methoxy groups -OCH3 is 1. The van der Waals surface area contributed by atoms with E-state index in [4.69, 9.17) is 27.9 Å². The molecule has 0 fully saturated rings. The van der Waals surface area contributed by atoms with Crippen molar-refractivity contribution in [1.82, 2.24) is 10.3 Å². The normalized spacial score (nSPS) is 10.7. The van der Waals surface area contributed by atoms with Gasteiger partial charge in [0.15, 0.2) is 0 Å². The maximum Gasteiger partial charge on any atom is 0.244 e. The van der Waals surface area contributed by atoms with Gasteiger partial charge in [0.2, 0.25) is 11.8 Å². The molecule has 1 heterocycles. The molecule has 0 atom stereocenters. The van der Waals surface area contributed by atoms with Gasteiger partial charge in [-0.05, 0) is 35.4 Å². The maximum absolute atomic E-state index is 11.8. The molecule has 1 N–H and O–H groups in total. The van der Waals surface area contributed by atoms with Gasteiger partial charge in [-0.25, -0.2) is 4.98 Å². The largest absolute Gasteiger partial charge is 0.481 e. The van der Waals surface area contributed by atoms with Gasteiger partial charge in [0.05, 0.1) is 7.11 Å². The topological polar surface area (TPSA) is 51.2 Å². The molecule has 114 valence electrons. The van der Waals surface area contributed by atoms with Crippen molar-refractivity contribution >= 4 is 35.2 Å². The minimum Gasteiger partial charge on any atom is -0.481 e. The fraction of sp³-hybridized carbons (Fsp3) is 0.125. The molecule has 0 spiro atoms. The molecule has 2 rings (SSSR count). The molecule has 1 aromatic carbocycles. The fourth-order valence-corrected chi connectivity index (χ4v) is 2.27. The molecule has 0 saturated heterocycles. The molecule has 6 heteroatoms. The van der Waals surface area contributed by atoms with Gasteiger partial charge in [-0.2, -0.15) is 0 Å². The van der Waals surface area contributed by atoms with Crippen molar-refractivity contribution < 1.29 is 9.53 Å². The van der Waals surface area contributed by atoms with Crippen LogP contribution in [0.2, 0.25) is 10.0 Å². The van der Waals surface area contributed by atoms with Crippen LogP contribution in [0.1, 0.15) is 11.1 Å². The highest BCUT2D eigenvalue weighted by Crippen LogP contribution is 2.19. The SMILES string of the molecule is COc1ccc(CNC(=O)/C=C/c2cc(Cl)cc(Cl)c2)cn1. The summed E-state index contributed by atoms with van der Waals surface area (Å²) in [5.74, 6) is 0.319. The molecule has 2 aromatic rings. The van der Waals surface area contributed by atoms with Crippen LogP contribution in [0.15, 0.2) is 42.6 Å². The fourth-order valence-electron chi connectivity index (χ4n) is 1.73. The highest BCUT2D eigenvalue weighted by atomic mass is 35.5. The van der Waals surface area contributed by atoms with E-state index in [0.29, 0.717) is 22.5 Å². The third-order valence-electron chi connectivity index (χ3n) is 2.79. The molecule has 0 aliphatic heterocycles. The molecule has 1 amide bonds. The van der Waals surface area contributed by atoms with E-state index in [1.54, 1.807) is 43.6 Å². The standard InChI is InChI=1S/C16H14Cl2N2O2/c1-22-16-5-3-12(10-20-16)9-19-15(21)4-2-11-6-13(17)8-14(18)7-11/h2-8,10H,9H2,1H3,(H,19,21)/b4-2+. The quantitative estimate of drug-likeness (QED) is 0.846. The highest BCUT2D eigenvalue weighted by Gasteiger charge is 2.00. The van der Waals surface area contributed by atoms with E-state index in [2.05, 4.69) is 10.3 Å². The van der Waals surface area contributed by atoms with Crippen LogP contribution in [0.25, 0.3) is 6.08 Å². The summed E-state index contributed by atoms with van der Waals surface area (Å²) in [5.41, 5.74) is 1.65. The summed E-state index contributed by atoms with van der Waals surface area (Å²) >= 11 is 11.8. The number of ether oxygens (including phenoxy) is 1. The van der Waals surface area contributed by atoms with Crippen LogP contribution < -0.4 is 10.1 Å². The zero-order chi connectivity index (χ0) is 15.9. The van der Waals surface area contributed by atoms with Crippen LogP contribution in [0.5, 0.6) is 5.88 Å². The Balaban J connectivity index is 1.90. The van der Waals surface area contributed by atoms with Gasteiger partial charge >= 0.3 is 0 Å². The zero-order valence-corrected chi connectivity index (χ0v) is 13.4. The van der Waals surface area contributed by atoms with Gasteiger partial charge in [-0.1, -0.05) is 29.3 Å². The molecule has 0 unspecified atom stereocenters. The predicted molar refractivity (Wildman–Crippen MR) is 88.1 cm³/mol. The van der Waals surface area contributed by atoms with E-state index in [1.165, 1.54) is 6.08 Å². The number of halogens is 2. The molecule has 0 radical (unpaired) electrons. The first-order valence-electron chi connectivity index (χ1n) is 6.48. The van der Waals surface area contributed by atoms with E-state index in [-0.39, 0.29) is 5.91 Å². The Morgan fingerprint density at radius 2 is 2.00 bits per heavy atom. The molecule has 1 aromatic heterocycles. The Hall–Kier alpha value is -2.04. The summed E-state index contributed by atoms with van der Waals surface area (Å²) in [6.07, 6.45) is 4.73. The molecule has 0 aliphatic rings. The molecule has 0 bridgehead atoms. The summed E-state index contributed by atoms with van der Waals surface area (Å²) < 4.78 is 4.97. The third kappa shape index (κ3) is 5.06. The number of hydrogen-bond acceptors (Lipinski definition) is 3. The second-order valence-corrected chi connectivity index (χ2v) is 5.34. The average molecular weight is 337 g/mol. The van der Waals surface area contributed by atoms with Crippen LogP contribution in [0.4, 0.5) is 0 Å². The highest BCUT2D eigenvalue weighted by molar-refractivity contribution is 6.34. The van der Waals surface area contributed by atoms with Crippen LogP contribution in [-0.2, 0) is 11.3 Å². The van der Waals surface area contributed by atoms with Crippen LogP contribution >= 0.6 is 23.2 Å². The van der Waals surface area contributed by atoms with Crippen molar-refractivity contribution in [2.24, 2.45) is 0 Å². The van der Waals surface area contributed by atoms with Gasteiger partial charge in [-0.3, -0.25) is 4.79 Å². The minimum absolute atomic E-state index is 0.216. The number of hydrogen-bond donors (Lipinski definition) is 1. The third-order valence-corrected chi connectivity index (χ3v) is 3.22. The van der Waals surface area contributed by atoms with E-state index in [1.807, 2.05) is 6.07 Å². The Labute approximate surface area is 138 Å². The summed E-state index contributed by atoms with van der Waals surface area (Å²) in [4.78, 5) is 15.8. The van der Waals surface area contributed by atoms with Crippen molar-refractivity contribution in [2.45, 2.75) is 6.54 Å². The van der Waals surface area contributed by atoms with Gasteiger partial charge in [0.25, 0.3) is 0 Å². The van der Waals surface area contributed by atoms with Crippen molar-refractivity contribution in [3.05, 3.63) is 63.8 Å². The Morgan fingerprint density at radius 3 is 2.59 bits per heavy atom. The van der Waals surface area contributed by atoms with E-state index < -0.39 is 0 Å². The molecular formula is C16H14Cl2N2O2. The lowest BCUT2D eigenvalue weighted by Gasteiger charge is -2.03. The van der Waals surface area contributed by atoms with Crippen molar-refractivity contribution in [2.75, 3.05) is 7.11 Å². The number of carbonyl (C=O) groups excluding carboxylic acids is 1. The van der Waals surface area contributed by atoms with Crippen molar-refractivity contribution in [3.8, 4) is 5.88 Å². The molecular weight excluding hydrogens is 323 g/mol. The van der Waals surface area contributed by atoms with E-state index in [9.17, 15) is 4.79 Å². The lowest BCUT2D eigenvalue weighted by Crippen LogP contribution is -2.20. The van der Waals surface area contributed by atoms with Crippen molar-refractivity contribution in [3.63, 3.8) is 0 Å². The zero-order valence-electron chi connectivity index (χ0n) is 11.8. The monoisotopic (exact) mass is 336 g/mol. The van der Waals surface area contributed by atoms with Crippen molar-refractivity contribution in [1.29, 1.82) is 0 Å². The maximum atomic E-state index is 11.8. The van der Waals surface area contributed by atoms with Crippen LogP contribution in [0.3, 0.4) is 0 Å². The predicted octanol–water partition coefficient (Wildman–Crippen LogP) is 3.73. The Kier molecular flexibility index (Phi) is 5.81. The first-order chi connectivity index (χ1) is 10.6. The molecule has 0 saturated carbocycles. The summed E-state index contributed by atoms with van der Waals surface area (Å²) in [6.45, 7) is 0.385. The number of pyridine rings is 1. The molecule has 4 nitrogen and oxygen atoms in total. The summed E-state index contributed by atoms with van der Waals surface area (Å²) in [6, 6.07) is 8.67. The lowest BCUT2D eigenvalue weighted by atomic mass is 10.2. The number of amides is 1. The van der Waals surface area contributed by atoms with Gasteiger partial charge in [-0.15, -0.1) is 0 Å². The Morgan fingerprint density at radius 1 is 1.27 bits per heavy atom. The summed E-state index contributed by atoms with van der Waals surface area (Å²) in [5, 5.41) is 3.81. The number of nitrogens with one attached hydrogen (secondary N) is 1. The number of nitrogens with zero attached hydrogens (tertiary/aromatic N) is 1. The van der Waals surface area contributed by atoms with E-state index in [0.717, 1.165) is 11.1 Å². The number of aromatic nitrogens is 1. The number of rotatable bonds is 5. The molecule has 0 aliphatic carbocycles.